The molecule has 0 N–H and O–H groups in total. The maximum absolute atomic E-state index is 11.7. The van der Waals surface area contributed by atoms with Crippen molar-refractivity contribution in [2.24, 2.45) is 0 Å². The van der Waals surface area contributed by atoms with Gasteiger partial charge in [-0.05, 0) is 13.8 Å². The number of carbonyl (C=O) groups is 1. The third kappa shape index (κ3) is 7.30. The van der Waals surface area contributed by atoms with Gasteiger partial charge >= 0.3 is 5.97 Å². The van der Waals surface area contributed by atoms with Crippen molar-refractivity contribution in [3.05, 3.63) is 0 Å². The van der Waals surface area contributed by atoms with Crippen molar-refractivity contribution in [1.82, 2.24) is 4.31 Å². The molecule has 0 saturated heterocycles. The first-order valence-corrected chi connectivity index (χ1v) is 7.22. The van der Waals surface area contributed by atoms with Crippen molar-refractivity contribution in [3.63, 3.8) is 0 Å². The normalized spacial score (nSPS) is 11.8. The van der Waals surface area contributed by atoms with E-state index in [1.807, 2.05) is 0 Å². The largest absolute Gasteiger partial charge is 0.466 e. The Bertz CT molecular complexity index is 315. The SMILES string of the molecule is CCOCCS(=O)(=O)N(C)CCC(=O)OCC. The molecular formula is C10H21NO5S. The predicted octanol–water partition coefficient (Wildman–Crippen LogP) is 0.238. The van der Waals surface area contributed by atoms with E-state index in [4.69, 9.17) is 9.47 Å². The van der Waals surface area contributed by atoms with Gasteiger partial charge in [0.05, 0.1) is 25.4 Å². The first kappa shape index (κ1) is 16.3. The molecule has 0 aromatic carbocycles. The highest BCUT2D eigenvalue weighted by molar-refractivity contribution is 7.89. The van der Waals surface area contributed by atoms with Crippen LogP contribution in [-0.4, -0.2) is 57.9 Å². The molecule has 0 aliphatic carbocycles. The number of hydrogen-bond donors (Lipinski definition) is 0. The van der Waals surface area contributed by atoms with E-state index in [1.165, 1.54) is 7.05 Å². The zero-order chi connectivity index (χ0) is 13.3. The summed E-state index contributed by atoms with van der Waals surface area (Å²) in [7, 11) is -1.90. The molecule has 17 heavy (non-hydrogen) atoms. The van der Waals surface area contributed by atoms with Crippen LogP contribution in [0.1, 0.15) is 20.3 Å². The van der Waals surface area contributed by atoms with Gasteiger partial charge in [0.1, 0.15) is 0 Å². The van der Waals surface area contributed by atoms with Gasteiger partial charge in [0, 0.05) is 20.2 Å². The molecule has 7 heteroatoms. The number of hydrogen-bond acceptors (Lipinski definition) is 5. The molecule has 0 saturated carbocycles. The highest BCUT2D eigenvalue weighted by atomic mass is 32.2. The molecule has 0 unspecified atom stereocenters. The van der Waals surface area contributed by atoms with E-state index in [-0.39, 0.29) is 31.3 Å². The lowest BCUT2D eigenvalue weighted by atomic mass is 10.4. The molecule has 0 aromatic rings. The van der Waals surface area contributed by atoms with E-state index >= 15 is 0 Å². The van der Waals surface area contributed by atoms with Gasteiger partial charge in [-0.15, -0.1) is 0 Å². The smallest absolute Gasteiger partial charge is 0.307 e. The van der Waals surface area contributed by atoms with Gasteiger partial charge in [-0.25, -0.2) is 12.7 Å². The molecule has 0 aliphatic rings. The molecule has 0 spiro atoms. The molecule has 0 fully saturated rings. The van der Waals surface area contributed by atoms with Crippen LogP contribution in [0.3, 0.4) is 0 Å². The maximum Gasteiger partial charge on any atom is 0.307 e. The van der Waals surface area contributed by atoms with Crippen LogP contribution in [0.4, 0.5) is 0 Å². The Morgan fingerprint density at radius 2 is 1.88 bits per heavy atom. The second kappa shape index (κ2) is 8.43. The number of rotatable bonds is 9. The summed E-state index contributed by atoms with van der Waals surface area (Å²) in [5, 5.41) is 0. The summed E-state index contributed by atoms with van der Waals surface area (Å²) < 4.78 is 34.2. The Labute approximate surface area is 103 Å². The van der Waals surface area contributed by atoms with Crippen LogP contribution in [-0.2, 0) is 24.3 Å². The topological polar surface area (TPSA) is 72.9 Å². The van der Waals surface area contributed by atoms with Crippen molar-refractivity contribution in [3.8, 4) is 0 Å². The van der Waals surface area contributed by atoms with Crippen LogP contribution in [0.15, 0.2) is 0 Å². The third-order valence-corrected chi connectivity index (χ3v) is 3.92. The van der Waals surface area contributed by atoms with E-state index in [1.54, 1.807) is 13.8 Å². The van der Waals surface area contributed by atoms with Crippen molar-refractivity contribution >= 4 is 16.0 Å². The highest BCUT2D eigenvalue weighted by Gasteiger charge is 2.18. The summed E-state index contributed by atoms with van der Waals surface area (Å²) in [5.41, 5.74) is 0. The minimum atomic E-state index is -3.34. The number of ether oxygens (including phenoxy) is 2. The summed E-state index contributed by atoms with van der Waals surface area (Å²) in [5.74, 6) is -0.459. The van der Waals surface area contributed by atoms with Crippen LogP contribution in [0, 0.1) is 0 Å². The summed E-state index contributed by atoms with van der Waals surface area (Å²) in [6.07, 6.45) is 0.0677. The van der Waals surface area contributed by atoms with Gasteiger partial charge in [-0.2, -0.15) is 0 Å². The average molecular weight is 267 g/mol. The molecule has 0 rings (SSSR count). The van der Waals surface area contributed by atoms with Crippen LogP contribution < -0.4 is 0 Å². The van der Waals surface area contributed by atoms with E-state index in [0.29, 0.717) is 13.2 Å². The maximum atomic E-state index is 11.7. The molecule has 0 aliphatic heterocycles. The van der Waals surface area contributed by atoms with Crippen molar-refractivity contribution in [2.45, 2.75) is 20.3 Å². The lowest BCUT2D eigenvalue weighted by molar-refractivity contribution is -0.143. The number of sulfonamides is 1. The molecule has 0 atom stereocenters. The Morgan fingerprint density at radius 3 is 2.41 bits per heavy atom. The minimum absolute atomic E-state index is 0.0677. The van der Waals surface area contributed by atoms with Crippen molar-refractivity contribution in [1.29, 1.82) is 0 Å². The van der Waals surface area contributed by atoms with Crippen LogP contribution in [0.5, 0.6) is 0 Å². The monoisotopic (exact) mass is 267 g/mol. The van der Waals surface area contributed by atoms with Gasteiger partial charge in [0.25, 0.3) is 0 Å². The average Bonchev–Trinajstić information content (AvgIpc) is 2.26. The summed E-state index contributed by atoms with van der Waals surface area (Å²) in [6, 6.07) is 0. The van der Waals surface area contributed by atoms with Gasteiger partial charge in [-0.1, -0.05) is 0 Å². The van der Waals surface area contributed by atoms with E-state index < -0.39 is 10.0 Å². The Balaban J connectivity index is 4.02. The lowest BCUT2D eigenvalue weighted by Gasteiger charge is -2.16. The van der Waals surface area contributed by atoms with Crippen LogP contribution in [0.25, 0.3) is 0 Å². The molecule has 0 aromatic heterocycles. The van der Waals surface area contributed by atoms with E-state index in [0.717, 1.165) is 4.31 Å². The first-order chi connectivity index (χ1) is 7.94. The fourth-order valence-electron chi connectivity index (χ4n) is 1.09. The summed E-state index contributed by atoms with van der Waals surface area (Å²) >= 11 is 0. The fourth-order valence-corrected chi connectivity index (χ4v) is 2.09. The van der Waals surface area contributed by atoms with Crippen LogP contribution in [0.2, 0.25) is 0 Å². The Kier molecular flexibility index (Phi) is 8.11. The molecule has 0 bridgehead atoms. The van der Waals surface area contributed by atoms with Gasteiger partial charge < -0.3 is 9.47 Å². The fraction of sp³-hybridized carbons (Fsp3) is 0.900. The summed E-state index contributed by atoms with van der Waals surface area (Å²) in [6.45, 7) is 4.61. The van der Waals surface area contributed by atoms with E-state index in [9.17, 15) is 13.2 Å². The van der Waals surface area contributed by atoms with Crippen molar-refractivity contribution in [2.75, 3.05) is 39.2 Å². The number of esters is 1. The molecule has 6 nitrogen and oxygen atoms in total. The molecular weight excluding hydrogens is 246 g/mol. The first-order valence-electron chi connectivity index (χ1n) is 5.61. The third-order valence-electron chi connectivity index (χ3n) is 2.10. The quantitative estimate of drug-likeness (QED) is 0.442. The Morgan fingerprint density at radius 1 is 1.24 bits per heavy atom. The van der Waals surface area contributed by atoms with Gasteiger partial charge in [0.15, 0.2) is 0 Å². The van der Waals surface area contributed by atoms with Gasteiger partial charge in [0.2, 0.25) is 10.0 Å². The zero-order valence-corrected chi connectivity index (χ0v) is 11.5. The second-order valence-electron chi connectivity index (χ2n) is 3.39. The predicted molar refractivity (Wildman–Crippen MR) is 64.2 cm³/mol. The standard InChI is InChI=1S/C10H21NO5S/c1-4-15-8-9-17(13,14)11(3)7-6-10(12)16-5-2/h4-9H2,1-3H3. The summed E-state index contributed by atoms with van der Waals surface area (Å²) in [4.78, 5) is 11.1. The lowest BCUT2D eigenvalue weighted by Crippen LogP contribution is -2.32. The van der Waals surface area contributed by atoms with Crippen LogP contribution >= 0.6 is 0 Å². The second-order valence-corrected chi connectivity index (χ2v) is 5.58. The highest BCUT2D eigenvalue weighted by Crippen LogP contribution is 2.00. The molecule has 0 heterocycles. The Hall–Kier alpha value is -0.660. The zero-order valence-electron chi connectivity index (χ0n) is 10.6. The number of nitrogens with zero attached hydrogens (tertiary/aromatic N) is 1. The van der Waals surface area contributed by atoms with Gasteiger partial charge in [-0.3, -0.25) is 4.79 Å². The van der Waals surface area contributed by atoms with Crippen molar-refractivity contribution < 1.29 is 22.7 Å². The molecule has 0 radical (unpaired) electrons. The molecule has 0 amide bonds. The molecule has 102 valence electrons. The minimum Gasteiger partial charge on any atom is -0.466 e. The van der Waals surface area contributed by atoms with E-state index in [2.05, 4.69) is 0 Å². The number of carbonyl (C=O) groups excluding carboxylic acids is 1.